The van der Waals surface area contributed by atoms with Gasteiger partial charge in [-0.25, -0.2) is 0 Å². The van der Waals surface area contributed by atoms with Gasteiger partial charge < -0.3 is 20.6 Å². The second kappa shape index (κ2) is 11.8. The number of carbonyl (C=O) groups is 2. The normalized spacial score (nSPS) is 40.3. The summed E-state index contributed by atoms with van der Waals surface area (Å²) in [7, 11) is 0. The Hall–Kier alpha value is -1.92. The Kier molecular flexibility index (Phi) is 8.69. The topological polar surface area (TPSA) is 107 Å². The molecule has 6 heteroatoms. The van der Waals surface area contributed by atoms with Gasteiger partial charge in [-0.05, 0) is 116 Å². The first-order valence-corrected chi connectivity index (χ1v) is 15.9. The Bertz CT molecular complexity index is 1050. The third kappa shape index (κ3) is 5.72. The van der Waals surface area contributed by atoms with Crippen LogP contribution >= 0.6 is 0 Å². The third-order valence-electron chi connectivity index (χ3n) is 12.4. The van der Waals surface area contributed by atoms with Crippen molar-refractivity contribution in [1.82, 2.24) is 5.32 Å². The van der Waals surface area contributed by atoms with Crippen LogP contribution in [0.1, 0.15) is 97.0 Å². The van der Waals surface area contributed by atoms with E-state index in [-0.39, 0.29) is 35.4 Å². The van der Waals surface area contributed by atoms with Gasteiger partial charge in [-0.1, -0.05) is 51.1 Å². The van der Waals surface area contributed by atoms with E-state index in [4.69, 9.17) is 0 Å². The first-order valence-electron chi connectivity index (χ1n) is 15.9. The van der Waals surface area contributed by atoms with E-state index in [0.29, 0.717) is 48.3 Å². The van der Waals surface area contributed by atoms with Crippen molar-refractivity contribution in [2.75, 3.05) is 0 Å². The van der Waals surface area contributed by atoms with Gasteiger partial charge in [0.1, 0.15) is 0 Å². The number of aliphatic carboxylic acids is 1. The van der Waals surface area contributed by atoms with Crippen LogP contribution in [-0.2, 0) is 16.0 Å². The van der Waals surface area contributed by atoms with E-state index in [1.807, 2.05) is 30.3 Å². The average Bonchev–Trinajstić information content (AvgIpc) is 3.25. The Balaban J connectivity index is 1.20. The maximum Gasteiger partial charge on any atom is 0.305 e. The highest BCUT2D eigenvalue weighted by Crippen LogP contribution is 2.68. The van der Waals surface area contributed by atoms with Crippen LogP contribution in [-0.4, -0.2) is 45.4 Å². The van der Waals surface area contributed by atoms with Crippen molar-refractivity contribution < 1.29 is 24.9 Å². The number of aliphatic hydroxyl groups is 2. The number of rotatable bonds is 9. The summed E-state index contributed by atoms with van der Waals surface area (Å²) in [4.78, 5) is 24.4. The van der Waals surface area contributed by atoms with Gasteiger partial charge in [0.2, 0.25) is 5.91 Å². The highest BCUT2D eigenvalue weighted by molar-refractivity contribution is 5.77. The Morgan fingerprint density at radius 2 is 1.68 bits per heavy atom. The largest absolute Gasteiger partial charge is 0.481 e. The maximum absolute atomic E-state index is 13.0. The van der Waals surface area contributed by atoms with E-state index in [0.717, 1.165) is 56.9 Å². The predicted molar refractivity (Wildman–Crippen MR) is 155 cm³/mol. The van der Waals surface area contributed by atoms with Gasteiger partial charge in [-0.15, -0.1) is 0 Å². The van der Waals surface area contributed by atoms with Crippen LogP contribution in [0.25, 0.3) is 0 Å². The van der Waals surface area contributed by atoms with Crippen LogP contribution < -0.4 is 5.32 Å². The highest BCUT2D eigenvalue weighted by atomic mass is 16.4. The zero-order valence-corrected chi connectivity index (χ0v) is 24.7. The minimum absolute atomic E-state index is 0.0569. The van der Waals surface area contributed by atoms with Gasteiger partial charge in [0, 0.05) is 12.5 Å². The fourth-order valence-corrected chi connectivity index (χ4v) is 10.3. The monoisotopic (exact) mass is 553 g/mol. The number of carbonyl (C=O) groups excluding carboxylic acids is 1. The lowest BCUT2D eigenvalue weighted by atomic mass is 9.43. The Labute approximate surface area is 240 Å². The second-order valence-electron chi connectivity index (χ2n) is 14.5. The lowest BCUT2D eigenvalue weighted by Crippen LogP contribution is -2.58. The van der Waals surface area contributed by atoms with E-state index >= 15 is 0 Å². The molecule has 222 valence electrons. The first-order chi connectivity index (χ1) is 19.0. The summed E-state index contributed by atoms with van der Waals surface area (Å²) in [5, 5.41) is 34.2. The molecule has 0 radical (unpaired) electrons. The number of carboxylic acids is 1. The Morgan fingerprint density at radius 3 is 2.40 bits per heavy atom. The molecular formula is C34H51NO5. The van der Waals surface area contributed by atoms with E-state index in [1.54, 1.807) is 0 Å². The van der Waals surface area contributed by atoms with Gasteiger partial charge in [0.05, 0.1) is 18.6 Å². The maximum atomic E-state index is 13.0. The fraction of sp³-hybridized carbons (Fsp3) is 0.765. The number of aliphatic hydroxyl groups excluding tert-OH is 2. The summed E-state index contributed by atoms with van der Waals surface area (Å²) in [6.07, 6.45) is 9.52. The van der Waals surface area contributed by atoms with Crippen molar-refractivity contribution in [2.45, 2.75) is 116 Å². The molecule has 4 aliphatic carbocycles. The molecule has 1 amide bonds. The van der Waals surface area contributed by atoms with Gasteiger partial charge in [-0.2, -0.15) is 0 Å². The number of hydrogen-bond donors (Lipinski definition) is 4. The third-order valence-corrected chi connectivity index (χ3v) is 12.4. The molecule has 0 spiro atoms. The molecule has 1 aromatic carbocycles. The molecule has 4 fully saturated rings. The van der Waals surface area contributed by atoms with Crippen molar-refractivity contribution in [3.05, 3.63) is 35.9 Å². The zero-order valence-electron chi connectivity index (χ0n) is 24.7. The molecule has 6 nitrogen and oxygen atoms in total. The van der Waals surface area contributed by atoms with E-state index in [2.05, 4.69) is 26.1 Å². The van der Waals surface area contributed by atoms with E-state index in [1.165, 1.54) is 6.42 Å². The molecule has 0 heterocycles. The summed E-state index contributed by atoms with van der Waals surface area (Å²) in [6, 6.07) is 9.33. The summed E-state index contributed by atoms with van der Waals surface area (Å²) >= 11 is 0. The molecular weight excluding hydrogens is 502 g/mol. The van der Waals surface area contributed by atoms with Crippen LogP contribution in [0.15, 0.2) is 30.3 Å². The molecule has 11 atom stereocenters. The second-order valence-corrected chi connectivity index (χ2v) is 14.5. The minimum atomic E-state index is -0.899. The molecule has 1 unspecified atom stereocenters. The van der Waals surface area contributed by atoms with E-state index < -0.39 is 12.0 Å². The number of hydrogen-bond acceptors (Lipinski definition) is 4. The van der Waals surface area contributed by atoms with Crippen molar-refractivity contribution in [1.29, 1.82) is 0 Å². The number of fused-ring (bicyclic) bond motifs is 5. The number of benzene rings is 1. The molecule has 4 N–H and O–H groups in total. The van der Waals surface area contributed by atoms with Crippen molar-refractivity contribution in [3.63, 3.8) is 0 Å². The van der Waals surface area contributed by atoms with Crippen molar-refractivity contribution in [2.24, 2.45) is 46.3 Å². The van der Waals surface area contributed by atoms with Gasteiger partial charge in [0.15, 0.2) is 0 Å². The summed E-state index contributed by atoms with van der Waals surface area (Å²) in [6.45, 7) is 7.23. The van der Waals surface area contributed by atoms with Crippen LogP contribution in [0.5, 0.6) is 0 Å². The van der Waals surface area contributed by atoms with Crippen molar-refractivity contribution >= 4 is 11.9 Å². The van der Waals surface area contributed by atoms with Crippen molar-refractivity contribution in [3.8, 4) is 0 Å². The molecule has 0 bridgehead atoms. The van der Waals surface area contributed by atoms with Gasteiger partial charge >= 0.3 is 5.97 Å². The van der Waals surface area contributed by atoms with Crippen LogP contribution in [0.2, 0.25) is 0 Å². The standard InChI is InChI=1S/C34H51NO5/c1-21(9-12-30(38)35-24(20-31(39)40)17-22-7-5-4-6-8-22)26-10-11-27-32-28(14-16-34(26,27)3)33(2)15-13-25(36)18-23(33)19-29(32)37/h4-8,21,23-29,32,36-37H,9-20H2,1-3H3,(H,35,38)(H,39,40)/t21-,23+,24?,25-,26-,27+,28+,29+,32+,33+,34-/m1/s1. The SMILES string of the molecule is C[C@H](CCC(=O)NC(CC(=O)O)Cc1ccccc1)[C@H]1CC[C@H]2[C@@H]3[C@@H](O)C[C@@H]4C[C@H](O)CC[C@]4(C)[C@H]3CC[C@]12C. The number of carboxylic acid groups (broad SMARTS) is 1. The smallest absolute Gasteiger partial charge is 0.305 e. The Morgan fingerprint density at radius 1 is 0.975 bits per heavy atom. The number of amides is 1. The van der Waals surface area contributed by atoms with Crippen LogP contribution in [0.3, 0.4) is 0 Å². The molecule has 1 aromatic rings. The molecule has 5 rings (SSSR count). The molecule has 0 saturated heterocycles. The van der Waals surface area contributed by atoms with Crippen LogP contribution in [0, 0.1) is 46.3 Å². The summed E-state index contributed by atoms with van der Waals surface area (Å²) in [5.74, 6) is 1.84. The molecule has 0 aromatic heterocycles. The summed E-state index contributed by atoms with van der Waals surface area (Å²) < 4.78 is 0. The molecule has 4 saturated carbocycles. The lowest BCUT2D eigenvalue weighted by molar-refractivity contribution is -0.174. The highest BCUT2D eigenvalue weighted by Gasteiger charge is 2.62. The van der Waals surface area contributed by atoms with E-state index in [9.17, 15) is 24.9 Å². The van der Waals surface area contributed by atoms with Gasteiger partial charge in [-0.3, -0.25) is 9.59 Å². The average molecular weight is 554 g/mol. The molecule has 0 aliphatic heterocycles. The number of nitrogens with one attached hydrogen (secondary N) is 1. The van der Waals surface area contributed by atoms with Crippen LogP contribution in [0.4, 0.5) is 0 Å². The zero-order chi connectivity index (χ0) is 28.7. The predicted octanol–water partition coefficient (Wildman–Crippen LogP) is 5.60. The molecule has 40 heavy (non-hydrogen) atoms. The fourth-order valence-electron chi connectivity index (χ4n) is 10.3. The lowest BCUT2D eigenvalue weighted by Gasteiger charge is -2.62. The first kappa shape index (κ1) is 29.6. The summed E-state index contributed by atoms with van der Waals surface area (Å²) in [5.41, 5.74) is 1.45. The molecule has 4 aliphatic rings. The minimum Gasteiger partial charge on any atom is -0.481 e. The quantitative estimate of drug-likeness (QED) is 0.319. The van der Waals surface area contributed by atoms with Gasteiger partial charge in [0.25, 0.3) is 0 Å².